The Morgan fingerprint density at radius 3 is 2.87 bits per heavy atom. The van der Waals surface area contributed by atoms with Crippen LogP contribution in [0.25, 0.3) is 0 Å². The first-order chi connectivity index (χ1) is 7.34. The third-order valence-electron chi connectivity index (χ3n) is 3.08. The Hall–Kier alpha value is -0.770. The van der Waals surface area contributed by atoms with Crippen LogP contribution in [0.4, 0.5) is 4.79 Å². The van der Waals surface area contributed by atoms with Crippen molar-refractivity contribution in [2.75, 3.05) is 13.1 Å². The molecular weight excluding hydrogens is 190 g/mol. The van der Waals surface area contributed by atoms with Crippen LogP contribution in [-0.2, 0) is 0 Å². The molecule has 4 heteroatoms. The average Bonchev–Trinajstić information content (AvgIpc) is 3.01. The zero-order valence-electron chi connectivity index (χ0n) is 9.22. The van der Waals surface area contributed by atoms with Crippen molar-refractivity contribution in [2.45, 2.75) is 50.6 Å². The molecule has 1 saturated carbocycles. The van der Waals surface area contributed by atoms with Crippen molar-refractivity contribution in [3.63, 3.8) is 0 Å². The van der Waals surface area contributed by atoms with Crippen molar-refractivity contribution in [2.24, 2.45) is 0 Å². The second-order valence-corrected chi connectivity index (χ2v) is 4.63. The van der Waals surface area contributed by atoms with Gasteiger partial charge in [-0.15, -0.1) is 0 Å². The van der Waals surface area contributed by atoms with Crippen molar-refractivity contribution < 1.29 is 4.79 Å². The van der Waals surface area contributed by atoms with Gasteiger partial charge >= 0.3 is 6.03 Å². The average molecular weight is 211 g/mol. The number of hydrogen-bond acceptors (Lipinski definition) is 2. The Morgan fingerprint density at radius 1 is 1.20 bits per heavy atom. The smallest absolute Gasteiger partial charge is 0.315 e. The van der Waals surface area contributed by atoms with E-state index in [-0.39, 0.29) is 6.03 Å². The first-order valence-corrected chi connectivity index (χ1v) is 6.12. The zero-order valence-corrected chi connectivity index (χ0v) is 9.22. The first kappa shape index (κ1) is 10.7. The summed E-state index contributed by atoms with van der Waals surface area (Å²) < 4.78 is 0. The van der Waals surface area contributed by atoms with Crippen molar-refractivity contribution in [3.8, 4) is 0 Å². The molecule has 15 heavy (non-hydrogen) atoms. The van der Waals surface area contributed by atoms with Crippen LogP contribution >= 0.6 is 0 Å². The molecule has 1 unspecified atom stereocenters. The van der Waals surface area contributed by atoms with E-state index >= 15 is 0 Å². The van der Waals surface area contributed by atoms with Gasteiger partial charge in [0, 0.05) is 18.6 Å². The molecule has 1 aliphatic heterocycles. The monoisotopic (exact) mass is 211 g/mol. The number of carbonyl (C=O) groups is 1. The molecule has 0 spiro atoms. The number of urea groups is 1. The van der Waals surface area contributed by atoms with Gasteiger partial charge in [-0.3, -0.25) is 0 Å². The third-order valence-corrected chi connectivity index (χ3v) is 3.08. The van der Waals surface area contributed by atoms with Crippen molar-refractivity contribution in [3.05, 3.63) is 0 Å². The Morgan fingerprint density at radius 2 is 2.07 bits per heavy atom. The molecule has 1 saturated heterocycles. The molecule has 0 aromatic carbocycles. The summed E-state index contributed by atoms with van der Waals surface area (Å²) in [5, 5.41) is 9.33. The second-order valence-electron chi connectivity index (χ2n) is 4.63. The fraction of sp³-hybridized carbons (Fsp3) is 0.909. The molecule has 0 bridgehead atoms. The van der Waals surface area contributed by atoms with Gasteiger partial charge in [0.05, 0.1) is 0 Å². The molecule has 0 aromatic heterocycles. The van der Waals surface area contributed by atoms with Crippen molar-refractivity contribution in [1.82, 2.24) is 16.0 Å². The van der Waals surface area contributed by atoms with Gasteiger partial charge in [-0.1, -0.05) is 12.8 Å². The Labute approximate surface area is 91.2 Å². The largest absolute Gasteiger partial charge is 0.337 e. The van der Waals surface area contributed by atoms with Crippen LogP contribution in [-0.4, -0.2) is 31.2 Å². The zero-order chi connectivity index (χ0) is 10.5. The number of amides is 2. The maximum absolute atomic E-state index is 11.4. The standard InChI is InChI=1S/C11H21N3O/c15-11(14-9-5-6-9)13-8-10-4-2-1-3-7-12-10/h9-10,12H,1-8H2,(H2,13,14,15). The summed E-state index contributed by atoms with van der Waals surface area (Å²) in [4.78, 5) is 11.4. The molecule has 0 radical (unpaired) electrons. The molecule has 86 valence electrons. The Kier molecular flexibility index (Phi) is 3.83. The number of hydrogen-bond donors (Lipinski definition) is 3. The minimum atomic E-state index is 0.00328. The molecule has 1 aliphatic carbocycles. The van der Waals surface area contributed by atoms with Crippen molar-refractivity contribution >= 4 is 6.03 Å². The van der Waals surface area contributed by atoms with E-state index < -0.39 is 0 Å². The van der Waals surface area contributed by atoms with Gasteiger partial charge in [-0.2, -0.15) is 0 Å². The predicted octanol–water partition coefficient (Wildman–Crippen LogP) is 0.980. The summed E-state index contributed by atoms with van der Waals surface area (Å²) in [6.45, 7) is 1.86. The van der Waals surface area contributed by atoms with Crippen LogP contribution in [0.1, 0.15) is 38.5 Å². The van der Waals surface area contributed by atoms with Gasteiger partial charge in [0.2, 0.25) is 0 Å². The topological polar surface area (TPSA) is 53.2 Å². The lowest BCUT2D eigenvalue weighted by Crippen LogP contribution is -2.44. The van der Waals surface area contributed by atoms with Crippen LogP contribution < -0.4 is 16.0 Å². The van der Waals surface area contributed by atoms with E-state index in [1.165, 1.54) is 25.7 Å². The molecule has 2 fully saturated rings. The van der Waals surface area contributed by atoms with Crippen LogP contribution in [0.3, 0.4) is 0 Å². The van der Waals surface area contributed by atoms with Gasteiger partial charge in [0.25, 0.3) is 0 Å². The van der Waals surface area contributed by atoms with Gasteiger partial charge in [0.15, 0.2) is 0 Å². The summed E-state index contributed by atoms with van der Waals surface area (Å²) in [5.41, 5.74) is 0. The minimum Gasteiger partial charge on any atom is -0.337 e. The molecule has 2 aliphatic rings. The van der Waals surface area contributed by atoms with E-state index in [4.69, 9.17) is 0 Å². The highest BCUT2D eigenvalue weighted by Gasteiger charge is 2.23. The molecule has 0 aromatic rings. The Balaban J connectivity index is 1.60. The Bertz CT molecular complexity index is 208. The quantitative estimate of drug-likeness (QED) is 0.652. The highest BCUT2D eigenvalue weighted by Crippen LogP contribution is 2.18. The highest BCUT2D eigenvalue weighted by atomic mass is 16.2. The molecule has 2 amide bonds. The van der Waals surface area contributed by atoms with E-state index in [0.717, 1.165) is 25.9 Å². The van der Waals surface area contributed by atoms with Crippen LogP contribution in [0, 0.1) is 0 Å². The minimum absolute atomic E-state index is 0.00328. The normalized spacial score (nSPS) is 26.8. The lowest BCUT2D eigenvalue weighted by Gasteiger charge is -2.16. The second kappa shape index (κ2) is 5.35. The lowest BCUT2D eigenvalue weighted by molar-refractivity contribution is 0.239. The predicted molar refractivity (Wildman–Crippen MR) is 59.8 cm³/mol. The molecule has 1 heterocycles. The summed E-state index contributed by atoms with van der Waals surface area (Å²) in [5.74, 6) is 0. The first-order valence-electron chi connectivity index (χ1n) is 6.12. The molecule has 2 rings (SSSR count). The summed E-state index contributed by atoms with van der Waals surface area (Å²) in [6, 6.07) is 0.924. The van der Waals surface area contributed by atoms with E-state index in [9.17, 15) is 4.79 Å². The fourth-order valence-corrected chi connectivity index (χ4v) is 1.95. The molecular formula is C11H21N3O. The fourth-order valence-electron chi connectivity index (χ4n) is 1.95. The number of rotatable bonds is 3. The van der Waals surface area contributed by atoms with E-state index in [0.29, 0.717) is 12.1 Å². The van der Waals surface area contributed by atoms with E-state index in [1.807, 2.05) is 0 Å². The lowest BCUT2D eigenvalue weighted by atomic mass is 10.1. The molecule has 3 N–H and O–H groups in total. The number of nitrogens with one attached hydrogen (secondary N) is 3. The van der Waals surface area contributed by atoms with Gasteiger partial charge in [-0.25, -0.2) is 4.79 Å². The SMILES string of the molecule is O=C(NCC1CCCCCN1)NC1CC1. The van der Waals surface area contributed by atoms with Gasteiger partial charge in [-0.05, 0) is 32.2 Å². The van der Waals surface area contributed by atoms with Crippen LogP contribution in [0.5, 0.6) is 0 Å². The molecule has 1 atom stereocenters. The van der Waals surface area contributed by atoms with E-state index in [1.54, 1.807) is 0 Å². The van der Waals surface area contributed by atoms with E-state index in [2.05, 4.69) is 16.0 Å². The van der Waals surface area contributed by atoms with Crippen molar-refractivity contribution in [1.29, 1.82) is 0 Å². The maximum atomic E-state index is 11.4. The summed E-state index contributed by atoms with van der Waals surface area (Å²) >= 11 is 0. The van der Waals surface area contributed by atoms with Gasteiger partial charge in [0.1, 0.15) is 0 Å². The summed E-state index contributed by atoms with van der Waals surface area (Å²) in [6.07, 6.45) is 7.35. The maximum Gasteiger partial charge on any atom is 0.315 e. The third kappa shape index (κ3) is 4.08. The van der Waals surface area contributed by atoms with Gasteiger partial charge < -0.3 is 16.0 Å². The van der Waals surface area contributed by atoms with Crippen LogP contribution in [0.2, 0.25) is 0 Å². The van der Waals surface area contributed by atoms with Crippen LogP contribution in [0.15, 0.2) is 0 Å². The molecule has 4 nitrogen and oxygen atoms in total. The number of carbonyl (C=O) groups excluding carboxylic acids is 1. The highest BCUT2D eigenvalue weighted by molar-refractivity contribution is 5.74. The summed E-state index contributed by atoms with van der Waals surface area (Å²) in [7, 11) is 0.